The first-order chi connectivity index (χ1) is 11.7. The number of hydrogen-bond donors (Lipinski definition) is 1. The zero-order chi connectivity index (χ0) is 18.6. The van der Waals surface area contributed by atoms with Crippen LogP contribution in [0, 0.1) is 11.8 Å². The highest BCUT2D eigenvalue weighted by molar-refractivity contribution is 6.05. The van der Waals surface area contributed by atoms with Gasteiger partial charge >= 0.3 is 12.1 Å². The van der Waals surface area contributed by atoms with E-state index in [0.29, 0.717) is 12.8 Å². The van der Waals surface area contributed by atoms with Crippen molar-refractivity contribution in [1.82, 2.24) is 10.2 Å². The highest BCUT2D eigenvalue weighted by Gasteiger charge is 2.46. The van der Waals surface area contributed by atoms with E-state index >= 15 is 0 Å². The van der Waals surface area contributed by atoms with Crippen LogP contribution in [-0.2, 0) is 23.9 Å². The van der Waals surface area contributed by atoms with Crippen LogP contribution < -0.4 is 5.32 Å². The standard InChI is InChI=1S/C15H17F3N2O5/c16-15(17,18)8-19-11(21)7-25-12(22)5-6-20-13(23)9-3-1-2-4-10(9)14(20)24/h1-2,9-10H,3-8H2,(H,19,21)/t9-,10-/m1/s1. The van der Waals surface area contributed by atoms with E-state index in [9.17, 15) is 32.3 Å². The number of likely N-dealkylation sites (tertiary alicyclic amines) is 1. The van der Waals surface area contributed by atoms with Crippen molar-refractivity contribution in [3.63, 3.8) is 0 Å². The van der Waals surface area contributed by atoms with Crippen LogP contribution in [0.15, 0.2) is 12.2 Å². The lowest BCUT2D eigenvalue weighted by Gasteiger charge is -2.14. The van der Waals surface area contributed by atoms with Gasteiger partial charge in [-0.3, -0.25) is 24.1 Å². The van der Waals surface area contributed by atoms with Crippen LogP contribution in [0.2, 0.25) is 0 Å². The first-order valence-corrected chi connectivity index (χ1v) is 7.68. The third-order valence-electron chi connectivity index (χ3n) is 3.99. The van der Waals surface area contributed by atoms with Crippen molar-refractivity contribution >= 4 is 23.7 Å². The molecule has 0 aromatic carbocycles. The number of alkyl halides is 3. The summed E-state index contributed by atoms with van der Waals surface area (Å²) in [5.74, 6) is -3.44. The second-order valence-corrected chi connectivity index (χ2v) is 5.79. The number of carbonyl (C=O) groups excluding carboxylic acids is 4. The average molecular weight is 362 g/mol. The van der Waals surface area contributed by atoms with Crippen molar-refractivity contribution in [2.24, 2.45) is 11.8 Å². The molecular weight excluding hydrogens is 345 g/mol. The molecule has 0 unspecified atom stereocenters. The molecule has 138 valence electrons. The molecule has 1 heterocycles. The molecule has 0 spiro atoms. The lowest BCUT2D eigenvalue weighted by Crippen LogP contribution is -2.37. The van der Waals surface area contributed by atoms with Gasteiger partial charge in [-0.05, 0) is 12.8 Å². The Kier molecular flexibility index (Phi) is 5.81. The predicted octanol–water partition coefficient (Wildman–Crippen LogP) is 0.549. The van der Waals surface area contributed by atoms with Crippen molar-refractivity contribution in [2.75, 3.05) is 19.7 Å². The Hall–Kier alpha value is -2.39. The molecule has 0 aromatic heterocycles. The monoisotopic (exact) mass is 362 g/mol. The maximum absolute atomic E-state index is 12.2. The van der Waals surface area contributed by atoms with Crippen molar-refractivity contribution in [2.45, 2.75) is 25.4 Å². The van der Waals surface area contributed by atoms with Gasteiger partial charge in [-0.15, -0.1) is 0 Å². The van der Waals surface area contributed by atoms with Crippen molar-refractivity contribution in [3.05, 3.63) is 12.2 Å². The molecule has 1 aliphatic carbocycles. The summed E-state index contributed by atoms with van der Waals surface area (Å²) in [5.41, 5.74) is 0. The van der Waals surface area contributed by atoms with E-state index in [1.807, 2.05) is 12.2 Å². The Morgan fingerprint density at radius 3 is 2.24 bits per heavy atom. The Balaban J connectivity index is 1.72. The van der Waals surface area contributed by atoms with Gasteiger partial charge in [0.1, 0.15) is 6.54 Å². The van der Waals surface area contributed by atoms with E-state index in [4.69, 9.17) is 0 Å². The molecule has 3 amide bonds. The lowest BCUT2D eigenvalue weighted by molar-refractivity contribution is -0.152. The number of esters is 1. The minimum Gasteiger partial charge on any atom is -0.456 e. The number of amides is 3. The summed E-state index contributed by atoms with van der Waals surface area (Å²) in [7, 11) is 0. The Labute approximate surface area is 141 Å². The molecule has 2 aliphatic rings. The number of fused-ring (bicyclic) bond motifs is 1. The normalized spacial score (nSPS) is 22.8. The van der Waals surface area contributed by atoms with E-state index in [0.717, 1.165) is 4.90 Å². The number of nitrogens with one attached hydrogen (secondary N) is 1. The number of imide groups is 1. The van der Waals surface area contributed by atoms with E-state index in [1.54, 1.807) is 5.32 Å². The van der Waals surface area contributed by atoms with E-state index in [1.165, 1.54) is 0 Å². The molecule has 2 rings (SSSR count). The predicted molar refractivity (Wildman–Crippen MR) is 76.7 cm³/mol. The fraction of sp³-hybridized carbons (Fsp3) is 0.600. The molecule has 0 radical (unpaired) electrons. The van der Waals surface area contributed by atoms with Crippen LogP contribution in [0.25, 0.3) is 0 Å². The molecule has 0 aromatic rings. The zero-order valence-electron chi connectivity index (χ0n) is 13.2. The number of hydrogen-bond acceptors (Lipinski definition) is 5. The Morgan fingerprint density at radius 2 is 1.72 bits per heavy atom. The molecule has 10 heteroatoms. The summed E-state index contributed by atoms with van der Waals surface area (Å²) in [5, 5.41) is 1.56. The van der Waals surface area contributed by atoms with E-state index in [2.05, 4.69) is 4.74 Å². The second kappa shape index (κ2) is 7.66. The van der Waals surface area contributed by atoms with Gasteiger partial charge in [0.25, 0.3) is 5.91 Å². The SMILES string of the molecule is O=C(COC(=O)CCN1C(=O)[C@@H]2CC=CC[C@H]2C1=O)NCC(F)(F)F. The number of rotatable bonds is 6. The molecule has 1 saturated heterocycles. The molecule has 1 fully saturated rings. The largest absolute Gasteiger partial charge is 0.456 e. The number of carbonyl (C=O) groups is 4. The first-order valence-electron chi connectivity index (χ1n) is 7.68. The minimum absolute atomic E-state index is 0.173. The van der Waals surface area contributed by atoms with Crippen LogP contribution in [0.1, 0.15) is 19.3 Å². The van der Waals surface area contributed by atoms with Gasteiger partial charge in [0.05, 0.1) is 18.3 Å². The summed E-state index contributed by atoms with van der Waals surface area (Å²) in [6.07, 6.45) is -0.239. The summed E-state index contributed by atoms with van der Waals surface area (Å²) >= 11 is 0. The van der Waals surface area contributed by atoms with Crippen LogP contribution >= 0.6 is 0 Å². The average Bonchev–Trinajstić information content (AvgIpc) is 2.80. The molecule has 7 nitrogen and oxygen atoms in total. The summed E-state index contributed by atoms with van der Waals surface area (Å²) < 4.78 is 40.3. The maximum Gasteiger partial charge on any atom is 0.405 e. The number of nitrogens with zero attached hydrogens (tertiary/aromatic N) is 1. The quantitative estimate of drug-likeness (QED) is 0.423. The van der Waals surface area contributed by atoms with Gasteiger partial charge in [0, 0.05) is 6.54 Å². The Morgan fingerprint density at radius 1 is 1.16 bits per heavy atom. The summed E-state index contributed by atoms with van der Waals surface area (Å²) in [6.45, 7) is -2.55. The number of ether oxygens (including phenoxy) is 1. The van der Waals surface area contributed by atoms with Gasteiger partial charge in [-0.2, -0.15) is 13.2 Å². The topological polar surface area (TPSA) is 92.8 Å². The van der Waals surface area contributed by atoms with Crippen LogP contribution in [0.3, 0.4) is 0 Å². The van der Waals surface area contributed by atoms with Crippen LogP contribution in [-0.4, -0.2) is 54.5 Å². The smallest absolute Gasteiger partial charge is 0.405 e. The van der Waals surface area contributed by atoms with Crippen molar-refractivity contribution in [3.8, 4) is 0 Å². The third-order valence-corrected chi connectivity index (χ3v) is 3.99. The molecule has 1 aliphatic heterocycles. The molecule has 2 atom stereocenters. The fourth-order valence-corrected chi connectivity index (χ4v) is 2.76. The van der Waals surface area contributed by atoms with Crippen molar-refractivity contribution < 1.29 is 37.1 Å². The van der Waals surface area contributed by atoms with Gasteiger partial charge in [-0.25, -0.2) is 0 Å². The summed E-state index contributed by atoms with van der Waals surface area (Å²) in [6, 6.07) is 0. The van der Waals surface area contributed by atoms with Gasteiger partial charge in [-0.1, -0.05) is 12.2 Å². The molecule has 1 N–H and O–H groups in total. The van der Waals surface area contributed by atoms with Crippen LogP contribution in [0.5, 0.6) is 0 Å². The molecule has 0 saturated carbocycles. The van der Waals surface area contributed by atoms with Gasteiger partial charge < -0.3 is 10.1 Å². The highest BCUT2D eigenvalue weighted by Crippen LogP contribution is 2.34. The Bertz CT molecular complexity index is 576. The minimum atomic E-state index is -4.55. The van der Waals surface area contributed by atoms with Crippen LogP contribution in [0.4, 0.5) is 13.2 Å². The third kappa shape index (κ3) is 5.04. The van der Waals surface area contributed by atoms with E-state index in [-0.39, 0.29) is 24.8 Å². The highest BCUT2D eigenvalue weighted by atomic mass is 19.4. The number of allylic oxidation sites excluding steroid dienone is 2. The zero-order valence-corrected chi connectivity index (χ0v) is 13.2. The molecule has 0 bridgehead atoms. The van der Waals surface area contributed by atoms with E-state index < -0.39 is 43.0 Å². The maximum atomic E-state index is 12.2. The number of halogens is 3. The first kappa shape index (κ1) is 18.9. The molecular formula is C15H17F3N2O5. The summed E-state index contributed by atoms with van der Waals surface area (Å²) in [4.78, 5) is 48.0. The lowest BCUT2D eigenvalue weighted by atomic mass is 9.85. The van der Waals surface area contributed by atoms with Gasteiger partial charge in [0.15, 0.2) is 6.61 Å². The van der Waals surface area contributed by atoms with Gasteiger partial charge in [0.2, 0.25) is 11.8 Å². The molecule has 25 heavy (non-hydrogen) atoms. The van der Waals surface area contributed by atoms with Crippen molar-refractivity contribution in [1.29, 1.82) is 0 Å². The second-order valence-electron chi connectivity index (χ2n) is 5.79. The fourth-order valence-electron chi connectivity index (χ4n) is 2.76.